The Morgan fingerprint density at radius 3 is 2.54 bits per heavy atom. The molecule has 3 aromatic rings. The number of amides is 1. The maximum atomic E-state index is 11.9. The highest BCUT2D eigenvalue weighted by Gasteiger charge is 2.08. The second kappa shape index (κ2) is 8.72. The Labute approximate surface area is 159 Å². The molecule has 0 bridgehead atoms. The summed E-state index contributed by atoms with van der Waals surface area (Å²) in [6, 6.07) is 11.4. The molecular formula is C17H17N5O2S2. The summed E-state index contributed by atoms with van der Waals surface area (Å²) in [6.45, 7) is 4.42. The lowest BCUT2D eigenvalue weighted by Gasteiger charge is -2.05. The van der Waals surface area contributed by atoms with Gasteiger partial charge in [-0.05, 0) is 50.2 Å². The summed E-state index contributed by atoms with van der Waals surface area (Å²) in [7, 11) is 0. The van der Waals surface area contributed by atoms with Crippen LogP contribution in [0.15, 0.2) is 41.4 Å². The lowest BCUT2D eigenvalue weighted by molar-refractivity contribution is -0.113. The lowest BCUT2D eigenvalue weighted by atomic mass is 10.1. The second-order valence-electron chi connectivity index (χ2n) is 5.18. The van der Waals surface area contributed by atoms with Gasteiger partial charge in [0.05, 0.1) is 18.1 Å². The predicted octanol–water partition coefficient (Wildman–Crippen LogP) is 3.43. The Morgan fingerprint density at radius 1 is 1.12 bits per heavy atom. The van der Waals surface area contributed by atoms with Crippen molar-refractivity contribution in [2.45, 2.75) is 18.9 Å². The first-order chi connectivity index (χ1) is 12.6. The fourth-order valence-electron chi connectivity index (χ4n) is 2.08. The van der Waals surface area contributed by atoms with Crippen LogP contribution >= 0.6 is 23.1 Å². The molecule has 0 unspecified atom stereocenters. The van der Waals surface area contributed by atoms with Crippen LogP contribution in [-0.4, -0.2) is 38.7 Å². The predicted molar refractivity (Wildman–Crippen MR) is 103 cm³/mol. The van der Waals surface area contributed by atoms with E-state index in [4.69, 9.17) is 4.74 Å². The van der Waals surface area contributed by atoms with Gasteiger partial charge in [0.2, 0.25) is 11.0 Å². The van der Waals surface area contributed by atoms with Gasteiger partial charge in [0.15, 0.2) is 0 Å². The van der Waals surface area contributed by atoms with E-state index in [1.807, 2.05) is 50.2 Å². The third kappa shape index (κ3) is 4.99. The third-order valence-corrected chi connectivity index (χ3v) is 4.90. The maximum absolute atomic E-state index is 11.9. The standard InChI is InChI=1S/C17H17N5O2S2/c1-3-24-13-6-4-12(5-7-13)14-8-9-16(21-20-14)25-10-15(23)18-17-22-19-11(2)26-17/h4-9H,3,10H2,1-2H3,(H,18,22,23). The van der Waals surface area contributed by atoms with Crippen molar-refractivity contribution in [3.63, 3.8) is 0 Å². The van der Waals surface area contributed by atoms with Gasteiger partial charge in [0.1, 0.15) is 15.8 Å². The first-order valence-corrected chi connectivity index (χ1v) is 9.74. The van der Waals surface area contributed by atoms with Crippen molar-refractivity contribution in [3.8, 4) is 17.0 Å². The number of hydrogen-bond donors (Lipinski definition) is 1. The Hall–Kier alpha value is -2.52. The highest BCUT2D eigenvalue weighted by Crippen LogP contribution is 2.22. The molecule has 2 heterocycles. The van der Waals surface area contributed by atoms with Crippen molar-refractivity contribution in [3.05, 3.63) is 41.4 Å². The Kier molecular flexibility index (Phi) is 6.13. The summed E-state index contributed by atoms with van der Waals surface area (Å²) >= 11 is 2.66. The van der Waals surface area contributed by atoms with Crippen LogP contribution in [0.1, 0.15) is 11.9 Å². The topological polar surface area (TPSA) is 89.9 Å². The number of nitrogens with one attached hydrogen (secondary N) is 1. The van der Waals surface area contributed by atoms with Gasteiger partial charge in [-0.15, -0.1) is 20.4 Å². The number of aryl methyl sites for hydroxylation is 1. The van der Waals surface area contributed by atoms with Crippen LogP contribution in [0.4, 0.5) is 5.13 Å². The minimum Gasteiger partial charge on any atom is -0.494 e. The van der Waals surface area contributed by atoms with Gasteiger partial charge >= 0.3 is 0 Å². The number of carbonyl (C=O) groups excluding carboxylic acids is 1. The van der Waals surface area contributed by atoms with E-state index in [0.717, 1.165) is 22.0 Å². The molecule has 26 heavy (non-hydrogen) atoms. The molecule has 0 saturated carbocycles. The summed E-state index contributed by atoms with van der Waals surface area (Å²) in [6.07, 6.45) is 0. The Morgan fingerprint density at radius 2 is 1.92 bits per heavy atom. The molecule has 134 valence electrons. The monoisotopic (exact) mass is 387 g/mol. The smallest absolute Gasteiger partial charge is 0.236 e. The molecule has 1 aromatic carbocycles. The van der Waals surface area contributed by atoms with Crippen LogP contribution in [0, 0.1) is 6.92 Å². The van der Waals surface area contributed by atoms with Crippen molar-refractivity contribution < 1.29 is 9.53 Å². The molecule has 0 spiro atoms. The third-order valence-electron chi connectivity index (χ3n) is 3.22. The normalized spacial score (nSPS) is 10.5. The molecule has 0 radical (unpaired) electrons. The van der Waals surface area contributed by atoms with Crippen LogP contribution in [0.25, 0.3) is 11.3 Å². The van der Waals surface area contributed by atoms with Crippen LogP contribution in [0.2, 0.25) is 0 Å². The lowest BCUT2D eigenvalue weighted by Crippen LogP contribution is -2.14. The number of nitrogens with zero attached hydrogens (tertiary/aromatic N) is 4. The summed E-state index contributed by atoms with van der Waals surface area (Å²) in [5, 5.41) is 20.8. The highest BCUT2D eigenvalue weighted by molar-refractivity contribution is 7.99. The van der Waals surface area contributed by atoms with Crippen LogP contribution in [-0.2, 0) is 4.79 Å². The number of thioether (sulfide) groups is 1. The first kappa shape index (κ1) is 18.3. The molecule has 0 atom stereocenters. The number of hydrogen-bond acceptors (Lipinski definition) is 8. The van der Waals surface area contributed by atoms with Crippen molar-refractivity contribution in [1.82, 2.24) is 20.4 Å². The van der Waals surface area contributed by atoms with Crippen LogP contribution in [0.5, 0.6) is 5.75 Å². The average molecular weight is 387 g/mol. The molecule has 0 fully saturated rings. The number of ether oxygens (including phenoxy) is 1. The molecule has 1 N–H and O–H groups in total. The van der Waals surface area contributed by atoms with E-state index in [1.165, 1.54) is 23.1 Å². The highest BCUT2D eigenvalue weighted by atomic mass is 32.2. The summed E-state index contributed by atoms with van der Waals surface area (Å²) < 4.78 is 5.43. The summed E-state index contributed by atoms with van der Waals surface area (Å²) in [5.74, 6) is 0.909. The largest absolute Gasteiger partial charge is 0.494 e. The van der Waals surface area contributed by atoms with Gasteiger partial charge in [0, 0.05) is 5.56 Å². The van der Waals surface area contributed by atoms with Crippen molar-refractivity contribution >= 4 is 34.1 Å². The van der Waals surface area contributed by atoms with E-state index in [2.05, 4.69) is 25.7 Å². The zero-order chi connectivity index (χ0) is 18.4. The van der Waals surface area contributed by atoms with Crippen LogP contribution < -0.4 is 10.1 Å². The quantitative estimate of drug-likeness (QED) is 0.621. The number of aromatic nitrogens is 4. The SMILES string of the molecule is CCOc1ccc(-c2ccc(SCC(=O)Nc3nnc(C)s3)nn2)cc1. The molecule has 7 nitrogen and oxygen atoms in total. The minimum absolute atomic E-state index is 0.150. The van der Waals surface area contributed by atoms with Gasteiger partial charge < -0.3 is 4.74 Å². The van der Waals surface area contributed by atoms with Gasteiger partial charge in [-0.25, -0.2) is 0 Å². The average Bonchev–Trinajstić information content (AvgIpc) is 3.06. The summed E-state index contributed by atoms with van der Waals surface area (Å²) in [4.78, 5) is 11.9. The fourth-order valence-corrected chi connectivity index (χ4v) is 3.30. The molecule has 9 heteroatoms. The van der Waals surface area contributed by atoms with E-state index < -0.39 is 0 Å². The first-order valence-electron chi connectivity index (χ1n) is 7.94. The van der Waals surface area contributed by atoms with Crippen molar-refractivity contribution in [2.75, 3.05) is 17.7 Å². The van der Waals surface area contributed by atoms with E-state index >= 15 is 0 Å². The van der Waals surface area contributed by atoms with Crippen LogP contribution in [0.3, 0.4) is 0 Å². The van der Waals surface area contributed by atoms with E-state index in [0.29, 0.717) is 16.8 Å². The Bertz CT molecular complexity index is 866. The van der Waals surface area contributed by atoms with Gasteiger partial charge in [-0.1, -0.05) is 23.1 Å². The molecule has 3 rings (SSSR count). The molecule has 1 amide bonds. The second-order valence-corrected chi connectivity index (χ2v) is 7.35. The number of anilines is 1. The molecule has 0 aliphatic heterocycles. The fraction of sp³-hybridized carbons (Fsp3) is 0.235. The molecular weight excluding hydrogens is 370 g/mol. The van der Waals surface area contributed by atoms with E-state index in [-0.39, 0.29) is 11.7 Å². The summed E-state index contributed by atoms with van der Waals surface area (Å²) in [5.41, 5.74) is 1.73. The number of rotatable bonds is 7. The van der Waals surface area contributed by atoms with E-state index in [1.54, 1.807) is 0 Å². The molecule has 0 aliphatic rings. The zero-order valence-electron chi connectivity index (χ0n) is 14.3. The Balaban J connectivity index is 1.54. The molecule has 2 aromatic heterocycles. The molecule has 0 saturated heterocycles. The number of benzene rings is 1. The van der Waals surface area contributed by atoms with Crippen molar-refractivity contribution in [1.29, 1.82) is 0 Å². The van der Waals surface area contributed by atoms with E-state index in [9.17, 15) is 4.79 Å². The zero-order valence-corrected chi connectivity index (χ0v) is 15.9. The molecule has 0 aliphatic carbocycles. The van der Waals surface area contributed by atoms with Crippen molar-refractivity contribution in [2.24, 2.45) is 0 Å². The maximum Gasteiger partial charge on any atom is 0.236 e. The van der Waals surface area contributed by atoms with Gasteiger partial charge in [-0.3, -0.25) is 10.1 Å². The van der Waals surface area contributed by atoms with Gasteiger partial charge in [0.25, 0.3) is 0 Å². The number of carbonyl (C=O) groups is 1. The minimum atomic E-state index is -0.150. The van der Waals surface area contributed by atoms with Gasteiger partial charge in [-0.2, -0.15) is 0 Å².